The van der Waals surface area contributed by atoms with Gasteiger partial charge in [0.05, 0.1) is 11.9 Å². The molecule has 0 spiro atoms. The van der Waals surface area contributed by atoms with Crippen molar-refractivity contribution >= 4 is 23.8 Å². The number of phenolic OH excluding ortho intramolecular Hbond substituents is 1. The van der Waals surface area contributed by atoms with Gasteiger partial charge in [0, 0.05) is 11.8 Å². The molecule has 0 amide bonds. The van der Waals surface area contributed by atoms with Gasteiger partial charge in [-0.05, 0) is 36.4 Å². The van der Waals surface area contributed by atoms with Crippen LogP contribution in [0.1, 0.15) is 21.6 Å². The van der Waals surface area contributed by atoms with Crippen molar-refractivity contribution in [2.24, 2.45) is 0 Å². The number of hydrogen-bond acceptors (Lipinski definition) is 4. The number of phenols is 1. The van der Waals surface area contributed by atoms with Crippen LogP contribution in [0.5, 0.6) is 5.75 Å². The van der Waals surface area contributed by atoms with Crippen LogP contribution in [0.3, 0.4) is 0 Å². The molecule has 3 rings (SSSR count). The second kappa shape index (κ2) is 5.28. The Bertz CT molecular complexity index is 902. The Morgan fingerprint density at radius 1 is 1.27 bits per heavy atom. The van der Waals surface area contributed by atoms with Crippen LogP contribution >= 0.6 is 0 Å². The predicted octanol–water partition coefficient (Wildman–Crippen LogP) is 2.44. The molecule has 1 aromatic carbocycles. The van der Waals surface area contributed by atoms with E-state index in [1.807, 2.05) is 0 Å². The minimum Gasteiger partial charge on any atom is -0.507 e. The molecule has 2 heterocycles. The Kier molecular flexibility index (Phi) is 3.30. The smallest absolute Gasteiger partial charge is 0.341 e. The third kappa shape index (κ3) is 2.51. The lowest BCUT2D eigenvalue weighted by Crippen LogP contribution is -1.98. The summed E-state index contributed by atoms with van der Waals surface area (Å²) in [5.74, 6) is -1.65. The summed E-state index contributed by atoms with van der Waals surface area (Å²) in [5, 5.41) is 22.6. The molecule has 0 atom stereocenters. The number of aromatic hydroxyl groups is 1. The number of carboxylic acid groups (broad SMARTS) is 1. The van der Waals surface area contributed by atoms with Crippen LogP contribution in [0.15, 0.2) is 36.7 Å². The average molecular weight is 299 g/mol. The summed E-state index contributed by atoms with van der Waals surface area (Å²) in [4.78, 5) is 15.2. The second-order valence-corrected chi connectivity index (χ2v) is 4.52. The maximum atomic E-state index is 13.1. The van der Waals surface area contributed by atoms with E-state index in [4.69, 9.17) is 5.11 Å². The van der Waals surface area contributed by atoms with E-state index in [1.165, 1.54) is 28.9 Å². The molecule has 0 saturated carbocycles. The molecule has 110 valence electrons. The van der Waals surface area contributed by atoms with Gasteiger partial charge in [0.25, 0.3) is 0 Å². The largest absolute Gasteiger partial charge is 0.507 e. The first-order valence-corrected chi connectivity index (χ1v) is 6.29. The van der Waals surface area contributed by atoms with Crippen LogP contribution in [0, 0.1) is 5.82 Å². The van der Waals surface area contributed by atoms with Crippen LogP contribution in [0.25, 0.3) is 17.8 Å². The molecule has 0 aliphatic heterocycles. The van der Waals surface area contributed by atoms with Crippen molar-refractivity contribution in [1.29, 1.82) is 0 Å². The Balaban J connectivity index is 2.00. The maximum absolute atomic E-state index is 13.1. The van der Waals surface area contributed by atoms with Crippen LogP contribution in [-0.4, -0.2) is 30.8 Å². The van der Waals surface area contributed by atoms with Crippen molar-refractivity contribution in [2.75, 3.05) is 0 Å². The van der Waals surface area contributed by atoms with E-state index in [1.54, 1.807) is 18.3 Å². The van der Waals surface area contributed by atoms with Crippen molar-refractivity contribution in [2.45, 2.75) is 0 Å². The van der Waals surface area contributed by atoms with E-state index in [-0.39, 0.29) is 17.0 Å². The zero-order chi connectivity index (χ0) is 15.7. The summed E-state index contributed by atoms with van der Waals surface area (Å²) in [6, 6.07) is 5.22. The van der Waals surface area contributed by atoms with Crippen LogP contribution in [0.4, 0.5) is 4.39 Å². The number of aromatic nitrogens is 3. The Hall–Kier alpha value is -3.22. The van der Waals surface area contributed by atoms with E-state index >= 15 is 0 Å². The molecule has 22 heavy (non-hydrogen) atoms. The monoisotopic (exact) mass is 299 g/mol. The number of rotatable bonds is 3. The third-order valence-corrected chi connectivity index (χ3v) is 3.04. The normalized spacial score (nSPS) is 11.3. The highest BCUT2D eigenvalue weighted by atomic mass is 19.1. The number of benzene rings is 1. The van der Waals surface area contributed by atoms with Crippen molar-refractivity contribution in [1.82, 2.24) is 14.6 Å². The molecule has 2 aromatic heterocycles. The highest BCUT2D eigenvalue weighted by Gasteiger charge is 2.12. The molecule has 0 aliphatic rings. The number of halogens is 1. The van der Waals surface area contributed by atoms with E-state index in [0.717, 1.165) is 6.07 Å². The molecule has 0 aliphatic carbocycles. The molecular formula is C15H10FN3O3. The molecule has 0 bridgehead atoms. The molecule has 2 N–H and O–H groups in total. The number of carboxylic acids is 1. The topological polar surface area (TPSA) is 87.7 Å². The molecule has 0 saturated heterocycles. The average Bonchev–Trinajstić information content (AvgIpc) is 2.91. The predicted molar refractivity (Wildman–Crippen MR) is 76.9 cm³/mol. The standard InChI is InChI=1S/C15H10FN3O3/c16-10-2-4-13(20)9(7-10)1-3-11-5-6-19-14(18-11)12(8-17-19)15(21)22/h1-8,20H,(H,21,22). The first-order chi connectivity index (χ1) is 10.5. The van der Waals surface area contributed by atoms with Gasteiger partial charge in [0.15, 0.2) is 5.65 Å². The number of carbonyl (C=O) groups is 1. The molecule has 0 unspecified atom stereocenters. The fraction of sp³-hybridized carbons (Fsp3) is 0. The van der Waals surface area contributed by atoms with E-state index < -0.39 is 11.8 Å². The van der Waals surface area contributed by atoms with Crippen molar-refractivity contribution in [3.63, 3.8) is 0 Å². The van der Waals surface area contributed by atoms with E-state index in [9.17, 15) is 14.3 Å². The number of aromatic carboxylic acids is 1. The Morgan fingerprint density at radius 2 is 2.09 bits per heavy atom. The van der Waals surface area contributed by atoms with Crippen molar-refractivity contribution in [3.8, 4) is 5.75 Å². The van der Waals surface area contributed by atoms with Gasteiger partial charge >= 0.3 is 5.97 Å². The molecular weight excluding hydrogens is 289 g/mol. The summed E-state index contributed by atoms with van der Waals surface area (Å²) in [5.41, 5.74) is 0.953. The van der Waals surface area contributed by atoms with Gasteiger partial charge in [-0.15, -0.1) is 0 Å². The maximum Gasteiger partial charge on any atom is 0.341 e. The summed E-state index contributed by atoms with van der Waals surface area (Å²) in [6.45, 7) is 0. The van der Waals surface area contributed by atoms with Gasteiger partial charge in [0.2, 0.25) is 0 Å². The first kappa shape index (κ1) is 13.7. The molecule has 3 aromatic rings. The molecule has 0 fully saturated rings. The molecule has 6 nitrogen and oxygen atoms in total. The van der Waals surface area contributed by atoms with Crippen molar-refractivity contribution < 1.29 is 19.4 Å². The van der Waals surface area contributed by atoms with Gasteiger partial charge in [0.1, 0.15) is 17.1 Å². The van der Waals surface area contributed by atoms with Crippen LogP contribution in [0.2, 0.25) is 0 Å². The summed E-state index contributed by atoms with van der Waals surface area (Å²) in [6.07, 6.45) is 5.83. The number of fused-ring (bicyclic) bond motifs is 1. The zero-order valence-corrected chi connectivity index (χ0v) is 11.1. The van der Waals surface area contributed by atoms with Crippen molar-refractivity contribution in [3.05, 3.63) is 59.3 Å². The minimum atomic E-state index is -1.12. The van der Waals surface area contributed by atoms with Gasteiger partial charge in [-0.2, -0.15) is 5.10 Å². The lowest BCUT2D eigenvalue weighted by molar-refractivity contribution is 0.0698. The Labute approximate surface area is 123 Å². The van der Waals surface area contributed by atoms with E-state index in [0.29, 0.717) is 11.3 Å². The number of hydrogen-bond donors (Lipinski definition) is 2. The van der Waals surface area contributed by atoms with Gasteiger partial charge in [-0.3, -0.25) is 0 Å². The lowest BCUT2D eigenvalue weighted by atomic mass is 10.1. The number of nitrogens with zero attached hydrogens (tertiary/aromatic N) is 3. The van der Waals surface area contributed by atoms with E-state index in [2.05, 4.69) is 10.1 Å². The highest BCUT2D eigenvalue weighted by Crippen LogP contribution is 2.20. The molecule has 7 heteroatoms. The SMILES string of the molecule is O=C(O)c1cnn2ccc(C=Cc3cc(F)ccc3O)nc12. The minimum absolute atomic E-state index is 0.0103. The first-order valence-electron chi connectivity index (χ1n) is 6.29. The quantitative estimate of drug-likeness (QED) is 0.775. The highest BCUT2D eigenvalue weighted by molar-refractivity contribution is 5.94. The van der Waals surface area contributed by atoms with Crippen LogP contribution in [-0.2, 0) is 0 Å². The lowest BCUT2D eigenvalue weighted by Gasteiger charge is -1.99. The van der Waals surface area contributed by atoms with Gasteiger partial charge in [-0.25, -0.2) is 18.7 Å². The zero-order valence-electron chi connectivity index (χ0n) is 11.1. The fourth-order valence-electron chi connectivity index (χ4n) is 1.96. The summed E-state index contributed by atoms with van der Waals surface area (Å²) < 4.78 is 14.5. The Morgan fingerprint density at radius 3 is 2.86 bits per heavy atom. The second-order valence-electron chi connectivity index (χ2n) is 4.52. The summed E-state index contributed by atoms with van der Waals surface area (Å²) >= 11 is 0. The fourth-order valence-corrected chi connectivity index (χ4v) is 1.96. The third-order valence-electron chi connectivity index (χ3n) is 3.04. The molecule has 0 radical (unpaired) electrons. The van der Waals surface area contributed by atoms with Gasteiger partial charge in [-0.1, -0.05) is 0 Å². The van der Waals surface area contributed by atoms with Gasteiger partial charge < -0.3 is 10.2 Å². The van der Waals surface area contributed by atoms with Crippen LogP contribution < -0.4 is 0 Å². The summed E-state index contributed by atoms with van der Waals surface area (Å²) in [7, 11) is 0.